The van der Waals surface area contributed by atoms with E-state index in [4.69, 9.17) is 0 Å². The van der Waals surface area contributed by atoms with E-state index in [0.717, 1.165) is 12.8 Å². The van der Waals surface area contributed by atoms with Crippen molar-refractivity contribution in [3.8, 4) is 0 Å². The van der Waals surface area contributed by atoms with E-state index < -0.39 is 9.73 Å². The second kappa shape index (κ2) is 5.10. The molecule has 3 nitrogen and oxygen atoms in total. The van der Waals surface area contributed by atoms with Gasteiger partial charge in [-0.3, -0.25) is 0 Å². The van der Waals surface area contributed by atoms with Crippen molar-refractivity contribution in [2.75, 3.05) is 12.8 Å². The van der Waals surface area contributed by atoms with Crippen LogP contribution in [0.2, 0.25) is 0 Å². The molecule has 0 aliphatic carbocycles. The summed E-state index contributed by atoms with van der Waals surface area (Å²) in [5.74, 6) is 0.608. The molecule has 0 spiro atoms. The van der Waals surface area contributed by atoms with Gasteiger partial charge in [0.25, 0.3) is 0 Å². The van der Waals surface area contributed by atoms with Crippen LogP contribution in [0.4, 0.5) is 0 Å². The highest BCUT2D eigenvalue weighted by molar-refractivity contribution is 7.93. The predicted octanol–water partition coefficient (Wildman–Crippen LogP) is 2.34. The summed E-state index contributed by atoms with van der Waals surface area (Å²) in [6.45, 7) is 2.08. The first kappa shape index (κ1) is 11.2. The van der Waals surface area contributed by atoms with Crippen LogP contribution >= 0.6 is 0 Å². The Morgan fingerprint density at radius 2 is 2.29 bits per heavy atom. The standard InChI is InChI=1S/C10H16N2OS/c1-3-4-9-14(13,11-2)10-7-5-6-8-12-10/h5-8H,3-4,9H2,1-2H3/t14-/m0/s1. The Bertz CT molecular complexity index is 380. The second-order valence-corrected chi connectivity index (χ2v) is 5.52. The predicted molar refractivity (Wildman–Crippen MR) is 58.8 cm³/mol. The molecule has 1 rings (SSSR count). The molecule has 0 saturated heterocycles. The van der Waals surface area contributed by atoms with Gasteiger partial charge >= 0.3 is 0 Å². The number of unbranched alkanes of at least 4 members (excludes halogenated alkanes) is 1. The third-order valence-corrected chi connectivity index (χ3v) is 4.36. The van der Waals surface area contributed by atoms with Gasteiger partial charge in [0, 0.05) is 19.0 Å². The Hall–Kier alpha value is -0.900. The molecular formula is C10H16N2OS. The molecule has 0 N–H and O–H groups in total. The van der Waals surface area contributed by atoms with Crippen molar-refractivity contribution < 1.29 is 4.21 Å². The van der Waals surface area contributed by atoms with Crippen LogP contribution in [0.3, 0.4) is 0 Å². The van der Waals surface area contributed by atoms with Crippen molar-refractivity contribution in [3.05, 3.63) is 24.4 Å². The first-order valence-electron chi connectivity index (χ1n) is 4.77. The quantitative estimate of drug-likeness (QED) is 0.768. The van der Waals surface area contributed by atoms with E-state index >= 15 is 0 Å². The lowest BCUT2D eigenvalue weighted by Gasteiger charge is -2.06. The van der Waals surface area contributed by atoms with Gasteiger partial charge in [-0.1, -0.05) is 19.4 Å². The van der Waals surface area contributed by atoms with Crippen molar-refractivity contribution in [3.63, 3.8) is 0 Å². The average Bonchev–Trinajstić information content (AvgIpc) is 2.27. The smallest absolute Gasteiger partial charge is 0.135 e. The van der Waals surface area contributed by atoms with E-state index in [9.17, 15) is 4.21 Å². The van der Waals surface area contributed by atoms with Crippen molar-refractivity contribution in [1.82, 2.24) is 4.98 Å². The van der Waals surface area contributed by atoms with Gasteiger partial charge in [0.05, 0.1) is 9.73 Å². The first-order valence-corrected chi connectivity index (χ1v) is 6.45. The minimum absolute atomic E-state index is 0.607. The van der Waals surface area contributed by atoms with Gasteiger partial charge in [0.1, 0.15) is 5.03 Å². The van der Waals surface area contributed by atoms with Crippen LogP contribution in [0.1, 0.15) is 19.8 Å². The molecule has 0 aliphatic rings. The zero-order chi connectivity index (χ0) is 10.4. The van der Waals surface area contributed by atoms with Crippen LogP contribution in [-0.4, -0.2) is 22.0 Å². The number of aromatic nitrogens is 1. The van der Waals surface area contributed by atoms with Crippen molar-refractivity contribution in [1.29, 1.82) is 0 Å². The van der Waals surface area contributed by atoms with Crippen molar-refractivity contribution in [2.24, 2.45) is 4.36 Å². The molecule has 1 atom stereocenters. The van der Waals surface area contributed by atoms with Crippen LogP contribution in [0.5, 0.6) is 0 Å². The van der Waals surface area contributed by atoms with Crippen LogP contribution in [0.25, 0.3) is 0 Å². The fourth-order valence-corrected chi connectivity index (χ4v) is 2.94. The lowest BCUT2D eigenvalue weighted by atomic mass is 10.4. The van der Waals surface area contributed by atoms with Crippen LogP contribution in [-0.2, 0) is 9.73 Å². The molecule has 0 aromatic carbocycles. The maximum Gasteiger partial charge on any atom is 0.135 e. The molecule has 0 bridgehead atoms. The number of rotatable bonds is 4. The highest BCUT2D eigenvalue weighted by Gasteiger charge is 2.11. The topological polar surface area (TPSA) is 42.3 Å². The third kappa shape index (κ3) is 2.54. The molecule has 14 heavy (non-hydrogen) atoms. The fourth-order valence-electron chi connectivity index (χ4n) is 1.17. The Labute approximate surface area is 85.8 Å². The minimum Gasteiger partial charge on any atom is -0.246 e. The molecule has 0 saturated carbocycles. The fraction of sp³-hybridized carbons (Fsp3) is 0.500. The summed E-state index contributed by atoms with van der Waals surface area (Å²) >= 11 is 0. The molecule has 0 unspecified atom stereocenters. The highest BCUT2D eigenvalue weighted by atomic mass is 32.2. The number of pyridine rings is 1. The molecular weight excluding hydrogens is 196 g/mol. The van der Waals surface area contributed by atoms with Crippen LogP contribution in [0.15, 0.2) is 33.8 Å². The van der Waals surface area contributed by atoms with Gasteiger partial charge < -0.3 is 0 Å². The zero-order valence-electron chi connectivity index (χ0n) is 8.64. The summed E-state index contributed by atoms with van der Waals surface area (Å²) in [5.41, 5.74) is 0. The van der Waals surface area contributed by atoms with Gasteiger partial charge in [-0.05, 0) is 18.6 Å². The summed E-state index contributed by atoms with van der Waals surface area (Å²) in [4.78, 5) is 4.11. The van der Waals surface area contributed by atoms with E-state index in [2.05, 4.69) is 16.3 Å². The monoisotopic (exact) mass is 212 g/mol. The van der Waals surface area contributed by atoms with Crippen molar-refractivity contribution >= 4 is 9.73 Å². The summed E-state index contributed by atoms with van der Waals surface area (Å²) in [7, 11) is -0.650. The zero-order valence-corrected chi connectivity index (χ0v) is 9.46. The molecule has 1 aromatic rings. The third-order valence-electron chi connectivity index (χ3n) is 2.03. The summed E-state index contributed by atoms with van der Waals surface area (Å²) < 4.78 is 16.3. The molecule has 0 aliphatic heterocycles. The van der Waals surface area contributed by atoms with E-state index in [0.29, 0.717) is 10.8 Å². The minimum atomic E-state index is -2.25. The van der Waals surface area contributed by atoms with Crippen LogP contribution in [0, 0.1) is 0 Å². The SMILES string of the molecule is CCCC[S@@](=O)(=NC)c1ccccn1. The lowest BCUT2D eigenvalue weighted by Crippen LogP contribution is -2.08. The Balaban J connectivity index is 2.98. The van der Waals surface area contributed by atoms with E-state index in [1.165, 1.54) is 0 Å². The number of hydrogen-bond acceptors (Lipinski definition) is 3. The molecule has 1 aromatic heterocycles. The van der Waals surface area contributed by atoms with Crippen LogP contribution < -0.4 is 0 Å². The van der Waals surface area contributed by atoms with E-state index in [-0.39, 0.29) is 0 Å². The molecule has 4 heteroatoms. The molecule has 78 valence electrons. The second-order valence-electron chi connectivity index (χ2n) is 3.05. The molecule has 0 radical (unpaired) electrons. The summed E-state index contributed by atoms with van der Waals surface area (Å²) in [6.07, 6.45) is 3.61. The lowest BCUT2D eigenvalue weighted by molar-refractivity contribution is 0.669. The van der Waals surface area contributed by atoms with Crippen molar-refractivity contribution in [2.45, 2.75) is 24.8 Å². The maximum atomic E-state index is 12.3. The Morgan fingerprint density at radius 1 is 1.50 bits per heavy atom. The van der Waals surface area contributed by atoms with Gasteiger partial charge in [0.2, 0.25) is 0 Å². The normalized spacial score (nSPS) is 14.7. The average molecular weight is 212 g/mol. The Morgan fingerprint density at radius 3 is 2.79 bits per heavy atom. The highest BCUT2D eigenvalue weighted by Crippen LogP contribution is 2.11. The molecule has 0 amide bonds. The maximum absolute atomic E-state index is 12.3. The van der Waals surface area contributed by atoms with Gasteiger partial charge in [-0.2, -0.15) is 0 Å². The first-order chi connectivity index (χ1) is 6.73. The van der Waals surface area contributed by atoms with E-state index in [1.807, 2.05) is 12.1 Å². The summed E-state index contributed by atoms with van der Waals surface area (Å²) in [6, 6.07) is 5.45. The Kier molecular flexibility index (Phi) is 4.07. The molecule has 1 heterocycles. The number of nitrogens with zero attached hydrogens (tertiary/aromatic N) is 2. The molecule has 0 fully saturated rings. The van der Waals surface area contributed by atoms with Gasteiger partial charge in [-0.25, -0.2) is 13.6 Å². The summed E-state index contributed by atoms with van der Waals surface area (Å²) in [5, 5.41) is 0.607. The largest absolute Gasteiger partial charge is 0.246 e. The van der Waals surface area contributed by atoms with Gasteiger partial charge in [0.15, 0.2) is 0 Å². The van der Waals surface area contributed by atoms with Gasteiger partial charge in [-0.15, -0.1) is 0 Å². The van der Waals surface area contributed by atoms with E-state index in [1.54, 1.807) is 19.3 Å². The number of hydrogen-bond donors (Lipinski definition) is 0.